The highest BCUT2D eigenvalue weighted by Gasteiger charge is 2.35. The molecule has 3 aromatic rings. The summed E-state index contributed by atoms with van der Waals surface area (Å²) in [5, 5.41) is -0.364. The van der Waals surface area contributed by atoms with E-state index in [2.05, 4.69) is 15.9 Å². The molecular weight excluding hydrogens is 534 g/mol. The number of carbonyl (C=O) groups excluding carboxylic acids is 3. The number of hydrogen-bond donors (Lipinski definition) is 0. The van der Waals surface area contributed by atoms with Crippen molar-refractivity contribution in [1.82, 2.24) is 4.90 Å². The van der Waals surface area contributed by atoms with Crippen LogP contribution >= 0.6 is 27.7 Å². The molecule has 2 amide bonds. The lowest BCUT2D eigenvalue weighted by atomic mass is 10.1. The van der Waals surface area contributed by atoms with E-state index in [0.717, 1.165) is 16.7 Å². The Morgan fingerprint density at radius 2 is 1.71 bits per heavy atom. The minimum atomic E-state index is -0.531. The molecule has 35 heavy (non-hydrogen) atoms. The van der Waals surface area contributed by atoms with E-state index >= 15 is 0 Å². The number of imide groups is 1. The fourth-order valence-electron chi connectivity index (χ4n) is 3.26. The number of benzene rings is 3. The van der Waals surface area contributed by atoms with Crippen LogP contribution < -0.4 is 14.2 Å². The molecule has 0 unspecified atom stereocenters. The molecular formula is C26H20BrNO6S. The van der Waals surface area contributed by atoms with Gasteiger partial charge >= 0.3 is 5.97 Å². The summed E-state index contributed by atoms with van der Waals surface area (Å²) in [6.07, 6.45) is 1.60. The van der Waals surface area contributed by atoms with Crippen LogP contribution in [0, 0.1) is 0 Å². The fraction of sp³-hybridized carbons (Fsp3) is 0.115. The maximum atomic E-state index is 12.8. The number of esters is 1. The predicted octanol–water partition coefficient (Wildman–Crippen LogP) is 5.79. The molecule has 1 aliphatic heterocycles. The lowest BCUT2D eigenvalue weighted by Gasteiger charge is -2.13. The first-order valence-electron chi connectivity index (χ1n) is 10.5. The zero-order valence-corrected chi connectivity index (χ0v) is 21.0. The first kappa shape index (κ1) is 24.6. The monoisotopic (exact) mass is 553 g/mol. The van der Waals surface area contributed by atoms with Crippen LogP contribution in [0.15, 0.2) is 82.2 Å². The molecule has 3 aromatic carbocycles. The van der Waals surface area contributed by atoms with Gasteiger partial charge in [-0.25, -0.2) is 4.79 Å². The molecule has 9 heteroatoms. The van der Waals surface area contributed by atoms with Crippen LogP contribution in [0.1, 0.15) is 15.9 Å². The Morgan fingerprint density at radius 3 is 2.40 bits per heavy atom. The molecule has 0 saturated carbocycles. The number of hydrogen-bond acceptors (Lipinski definition) is 7. The summed E-state index contributed by atoms with van der Waals surface area (Å²) in [5.74, 6) is 0.248. The number of ether oxygens (including phenoxy) is 3. The van der Waals surface area contributed by atoms with E-state index in [1.54, 1.807) is 60.7 Å². The zero-order valence-electron chi connectivity index (χ0n) is 18.6. The van der Waals surface area contributed by atoms with Crippen LogP contribution in [0.2, 0.25) is 0 Å². The average Bonchev–Trinajstić information content (AvgIpc) is 3.13. The Bertz CT molecular complexity index is 1280. The van der Waals surface area contributed by atoms with Gasteiger partial charge in [-0.15, -0.1) is 0 Å². The van der Waals surface area contributed by atoms with Crippen molar-refractivity contribution in [2.24, 2.45) is 0 Å². The Labute approximate surface area is 214 Å². The minimum Gasteiger partial charge on any atom is -0.493 e. The van der Waals surface area contributed by atoms with Crippen molar-refractivity contribution < 1.29 is 28.6 Å². The second-order valence-corrected chi connectivity index (χ2v) is 9.13. The van der Waals surface area contributed by atoms with E-state index in [4.69, 9.17) is 14.2 Å². The van der Waals surface area contributed by atoms with Crippen molar-refractivity contribution in [3.05, 3.63) is 93.3 Å². The van der Waals surface area contributed by atoms with E-state index < -0.39 is 11.9 Å². The quantitative estimate of drug-likeness (QED) is 0.198. The summed E-state index contributed by atoms with van der Waals surface area (Å²) in [6, 6.07) is 21.1. The van der Waals surface area contributed by atoms with E-state index in [1.807, 2.05) is 18.2 Å². The Balaban J connectivity index is 1.47. The standard InChI is InChI=1S/C26H20BrNO6S/c1-32-21-15-17(14-20(27)23(21)34-25(30)18-8-4-2-5-9-18)16-22-24(29)28(26(31)35-22)12-13-33-19-10-6-3-7-11-19/h2-11,14-16H,12-13H2,1H3/b22-16-. The molecule has 7 nitrogen and oxygen atoms in total. The number of halogens is 1. The second-order valence-electron chi connectivity index (χ2n) is 7.28. The van der Waals surface area contributed by atoms with Crippen molar-refractivity contribution in [2.75, 3.05) is 20.3 Å². The molecule has 1 fully saturated rings. The van der Waals surface area contributed by atoms with Gasteiger partial charge in [0.25, 0.3) is 11.1 Å². The zero-order chi connectivity index (χ0) is 24.8. The molecule has 1 aliphatic rings. The maximum Gasteiger partial charge on any atom is 0.343 e. The lowest BCUT2D eigenvalue weighted by molar-refractivity contribution is -0.123. The van der Waals surface area contributed by atoms with Crippen molar-refractivity contribution in [1.29, 1.82) is 0 Å². The van der Waals surface area contributed by atoms with Gasteiger partial charge in [-0.1, -0.05) is 36.4 Å². The molecule has 0 aliphatic carbocycles. The van der Waals surface area contributed by atoms with Gasteiger partial charge in [0, 0.05) is 0 Å². The van der Waals surface area contributed by atoms with Crippen LogP contribution in [0.25, 0.3) is 6.08 Å². The van der Waals surface area contributed by atoms with E-state index in [1.165, 1.54) is 7.11 Å². The third-order valence-electron chi connectivity index (χ3n) is 4.95. The normalized spacial score (nSPS) is 14.3. The average molecular weight is 554 g/mol. The van der Waals surface area contributed by atoms with Crippen LogP contribution in [0.4, 0.5) is 4.79 Å². The molecule has 0 spiro atoms. The van der Waals surface area contributed by atoms with Crippen LogP contribution in [0.5, 0.6) is 17.2 Å². The number of methoxy groups -OCH3 is 1. The number of nitrogens with zero attached hydrogens (tertiary/aromatic N) is 1. The number of rotatable bonds is 8. The van der Waals surface area contributed by atoms with Gasteiger partial charge in [-0.3, -0.25) is 14.5 Å². The predicted molar refractivity (Wildman–Crippen MR) is 137 cm³/mol. The highest BCUT2D eigenvalue weighted by Crippen LogP contribution is 2.39. The second kappa shape index (κ2) is 11.2. The van der Waals surface area contributed by atoms with Crippen molar-refractivity contribution >= 4 is 50.9 Å². The van der Waals surface area contributed by atoms with E-state index in [-0.39, 0.29) is 29.0 Å². The first-order chi connectivity index (χ1) is 17.0. The maximum absolute atomic E-state index is 12.8. The summed E-state index contributed by atoms with van der Waals surface area (Å²) >= 11 is 4.27. The summed E-state index contributed by atoms with van der Waals surface area (Å²) in [5.41, 5.74) is 0.995. The molecule has 0 bridgehead atoms. The number of thioether (sulfide) groups is 1. The Morgan fingerprint density at radius 1 is 1.03 bits per heavy atom. The molecule has 178 valence electrons. The van der Waals surface area contributed by atoms with Gasteiger partial charge in [-0.2, -0.15) is 0 Å². The first-order valence-corrected chi connectivity index (χ1v) is 12.1. The number of amides is 2. The molecule has 0 aromatic heterocycles. The van der Waals surface area contributed by atoms with E-state index in [9.17, 15) is 14.4 Å². The Hall–Kier alpha value is -3.56. The van der Waals surface area contributed by atoms with Crippen molar-refractivity contribution in [2.45, 2.75) is 0 Å². The van der Waals surface area contributed by atoms with Gasteiger partial charge in [0.1, 0.15) is 12.4 Å². The summed E-state index contributed by atoms with van der Waals surface area (Å²) < 4.78 is 17.0. The lowest BCUT2D eigenvalue weighted by Crippen LogP contribution is -2.32. The van der Waals surface area contributed by atoms with Gasteiger partial charge in [0.15, 0.2) is 11.5 Å². The van der Waals surface area contributed by atoms with Gasteiger partial charge < -0.3 is 14.2 Å². The summed E-state index contributed by atoms with van der Waals surface area (Å²) in [7, 11) is 1.45. The largest absolute Gasteiger partial charge is 0.493 e. The molecule has 1 heterocycles. The highest BCUT2D eigenvalue weighted by molar-refractivity contribution is 9.10. The summed E-state index contributed by atoms with van der Waals surface area (Å²) in [4.78, 5) is 39.1. The third kappa shape index (κ3) is 5.93. The summed E-state index contributed by atoms with van der Waals surface area (Å²) in [6.45, 7) is 0.328. The van der Waals surface area contributed by atoms with Gasteiger partial charge in [0.2, 0.25) is 0 Å². The van der Waals surface area contributed by atoms with Gasteiger partial charge in [-0.05, 0) is 75.7 Å². The fourth-order valence-corrected chi connectivity index (χ4v) is 4.67. The minimum absolute atomic E-state index is 0.137. The third-order valence-corrected chi connectivity index (χ3v) is 6.45. The molecule has 0 N–H and O–H groups in total. The molecule has 0 radical (unpaired) electrons. The van der Waals surface area contributed by atoms with Crippen LogP contribution in [0.3, 0.4) is 0 Å². The Kier molecular flexibility index (Phi) is 7.89. The van der Waals surface area contributed by atoms with Crippen molar-refractivity contribution in [3.63, 3.8) is 0 Å². The number of para-hydroxylation sites is 1. The van der Waals surface area contributed by atoms with Crippen LogP contribution in [-0.4, -0.2) is 42.3 Å². The highest BCUT2D eigenvalue weighted by atomic mass is 79.9. The molecule has 4 rings (SSSR count). The molecule has 0 atom stereocenters. The van der Waals surface area contributed by atoms with Crippen molar-refractivity contribution in [3.8, 4) is 17.2 Å². The SMILES string of the molecule is COc1cc(/C=C2\SC(=O)N(CCOc3ccccc3)C2=O)cc(Br)c1OC(=O)c1ccccc1. The molecule has 1 saturated heterocycles. The van der Waals surface area contributed by atoms with Crippen LogP contribution in [-0.2, 0) is 4.79 Å². The van der Waals surface area contributed by atoms with E-state index in [0.29, 0.717) is 27.1 Å². The smallest absolute Gasteiger partial charge is 0.343 e. The number of carbonyl (C=O) groups is 3. The topological polar surface area (TPSA) is 82.1 Å². The van der Waals surface area contributed by atoms with Gasteiger partial charge in [0.05, 0.1) is 28.6 Å².